The van der Waals surface area contributed by atoms with E-state index in [1.807, 2.05) is 6.08 Å². The standard InChI is InChI=1S/C23H30O6/c1-12(24)28-11-18(26)17-6-5-16-15-4-3-13-9-14(25)7-8-22(13,2)20(15)19-10-23(16,17)21(27)29-19/h9,15-17,19-21,27H,3-8,10-11H2,1-2H3/t15-,16-,17+,19-,20+,21-,22-,23+/m1/s1. The maximum absolute atomic E-state index is 12.9. The molecule has 4 fully saturated rings. The lowest BCUT2D eigenvalue weighted by Gasteiger charge is -2.57. The lowest BCUT2D eigenvalue weighted by Crippen LogP contribution is -2.55. The zero-order chi connectivity index (χ0) is 20.6. The van der Waals surface area contributed by atoms with Gasteiger partial charge in [-0.05, 0) is 67.8 Å². The summed E-state index contributed by atoms with van der Waals surface area (Å²) in [5.74, 6) is 0.289. The number of carbonyl (C=O) groups is 3. The number of carbonyl (C=O) groups excluding carboxylic acids is 3. The summed E-state index contributed by atoms with van der Waals surface area (Å²) in [4.78, 5) is 36.1. The number of esters is 1. The summed E-state index contributed by atoms with van der Waals surface area (Å²) in [7, 11) is 0. The molecular weight excluding hydrogens is 372 g/mol. The molecule has 5 rings (SSSR count). The van der Waals surface area contributed by atoms with E-state index in [0.717, 1.165) is 32.1 Å². The van der Waals surface area contributed by atoms with Gasteiger partial charge in [0.05, 0.1) is 6.10 Å². The number of hydrogen-bond donors (Lipinski definition) is 1. The van der Waals surface area contributed by atoms with Crippen LogP contribution >= 0.6 is 0 Å². The Hall–Kier alpha value is -1.53. The summed E-state index contributed by atoms with van der Waals surface area (Å²) in [5, 5.41) is 11.1. The smallest absolute Gasteiger partial charge is 0.303 e. The molecule has 0 radical (unpaired) electrons. The van der Waals surface area contributed by atoms with E-state index in [0.29, 0.717) is 18.8 Å². The highest BCUT2D eigenvalue weighted by Crippen LogP contribution is 2.71. The Labute approximate surface area is 171 Å². The first kappa shape index (κ1) is 19.4. The van der Waals surface area contributed by atoms with Gasteiger partial charge in [0.1, 0.15) is 6.61 Å². The van der Waals surface area contributed by atoms with Gasteiger partial charge >= 0.3 is 5.97 Å². The molecule has 1 N–H and O–H groups in total. The highest BCUT2D eigenvalue weighted by molar-refractivity contribution is 5.91. The van der Waals surface area contributed by atoms with Gasteiger partial charge in [-0.15, -0.1) is 0 Å². The van der Waals surface area contributed by atoms with Crippen LogP contribution in [0, 0.1) is 34.5 Å². The van der Waals surface area contributed by atoms with Gasteiger partial charge in [-0.2, -0.15) is 0 Å². The molecule has 6 nitrogen and oxygen atoms in total. The fourth-order valence-electron chi connectivity index (χ4n) is 7.96. The van der Waals surface area contributed by atoms with Crippen LogP contribution in [-0.4, -0.2) is 41.6 Å². The highest BCUT2D eigenvalue weighted by atomic mass is 16.6. The lowest BCUT2D eigenvalue weighted by atomic mass is 9.46. The van der Waals surface area contributed by atoms with Crippen molar-refractivity contribution in [2.75, 3.05) is 6.61 Å². The van der Waals surface area contributed by atoms with Crippen molar-refractivity contribution in [1.29, 1.82) is 0 Å². The van der Waals surface area contributed by atoms with Crippen molar-refractivity contribution in [1.82, 2.24) is 0 Å². The van der Waals surface area contributed by atoms with Crippen LogP contribution in [0.2, 0.25) is 0 Å². The molecule has 8 atom stereocenters. The Morgan fingerprint density at radius 3 is 2.83 bits per heavy atom. The number of allylic oxidation sites excluding steroid dienone is 1. The molecule has 5 aliphatic rings. The Bertz CT molecular complexity index is 801. The predicted octanol–water partition coefficient (Wildman–Crippen LogP) is 2.57. The fourth-order valence-corrected chi connectivity index (χ4v) is 7.96. The zero-order valence-corrected chi connectivity index (χ0v) is 17.2. The van der Waals surface area contributed by atoms with E-state index in [2.05, 4.69) is 6.92 Å². The van der Waals surface area contributed by atoms with Crippen molar-refractivity contribution >= 4 is 17.5 Å². The van der Waals surface area contributed by atoms with Crippen LogP contribution in [-0.2, 0) is 23.9 Å². The number of Topliss-reactive ketones (excluding diaryl/α,β-unsaturated/α-hetero) is 1. The normalized spacial score (nSPS) is 47.7. The van der Waals surface area contributed by atoms with Gasteiger partial charge in [-0.25, -0.2) is 0 Å². The molecule has 2 bridgehead atoms. The Balaban J connectivity index is 1.48. The SMILES string of the molecule is CC(=O)OCC(=O)[C@@H]1CC[C@@H]2[C@H]3CCC4=CC(=O)CC[C@@]4(C)[C@@H]3[C@H]3C[C@]21[C@H](O)O3. The van der Waals surface area contributed by atoms with Gasteiger partial charge < -0.3 is 14.6 Å². The van der Waals surface area contributed by atoms with E-state index in [1.54, 1.807) is 0 Å². The van der Waals surface area contributed by atoms with Gasteiger partial charge in [-0.3, -0.25) is 14.4 Å². The minimum Gasteiger partial charge on any atom is -0.458 e. The summed E-state index contributed by atoms with van der Waals surface area (Å²) in [6, 6.07) is 0. The van der Waals surface area contributed by atoms with E-state index in [4.69, 9.17) is 9.47 Å². The molecule has 6 heteroatoms. The molecular formula is C23H30O6. The third kappa shape index (κ3) is 2.57. The summed E-state index contributed by atoms with van der Waals surface area (Å²) in [5.41, 5.74) is 0.649. The van der Waals surface area contributed by atoms with E-state index in [9.17, 15) is 19.5 Å². The van der Waals surface area contributed by atoms with Crippen LogP contribution in [0.25, 0.3) is 0 Å². The van der Waals surface area contributed by atoms with E-state index in [1.165, 1.54) is 12.5 Å². The average molecular weight is 402 g/mol. The molecule has 1 aliphatic heterocycles. The minimum atomic E-state index is -0.946. The Kier molecular flexibility index (Phi) is 4.34. The molecule has 1 heterocycles. The number of ketones is 2. The second kappa shape index (κ2) is 6.48. The third-order valence-corrected chi connectivity index (χ3v) is 9.05. The van der Waals surface area contributed by atoms with Crippen LogP contribution < -0.4 is 0 Å². The molecule has 0 unspecified atom stereocenters. The molecule has 29 heavy (non-hydrogen) atoms. The van der Waals surface area contributed by atoms with E-state index < -0.39 is 17.7 Å². The summed E-state index contributed by atoms with van der Waals surface area (Å²) >= 11 is 0. The molecule has 1 saturated heterocycles. The quantitative estimate of drug-likeness (QED) is 0.730. The third-order valence-electron chi connectivity index (χ3n) is 9.05. The second-order valence-electron chi connectivity index (χ2n) is 10.1. The van der Waals surface area contributed by atoms with Gasteiger partial charge in [0, 0.05) is 24.7 Å². The topological polar surface area (TPSA) is 89.9 Å². The Morgan fingerprint density at radius 1 is 1.28 bits per heavy atom. The van der Waals surface area contributed by atoms with Crippen LogP contribution in [0.3, 0.4) is 0 Å². The molecule has 3 saturated carbocycles. The van der Waals surface area contributed by atoms with Crippen molar-refractivity contribution in [3.63, 3.8) is 0 Å². The number of rotatable bonds is 3. The van der Waals surface area contributed by atoms with Gasteiger partial charge in [-0.1, -0.05) is 12.5 Å². The van der Waals surface area contributed by atoms with Crippen molar-refractivity contribution in [2.24, 2.45) is 34.5 Å². The molecule has 0 aromatic carbocycles. The van der Waals surface area contributed by atoms with Crippen molar-refractivity contribution in [3.8, 4) is 0 Å². The number of aliphatic hydroxyl groups is 1. The lowest BCUT2D eigenvalue weighted by molar-refractivity contribution is -0.163. The van der Waals surface area contributed by atoms with Crippen LogP contribution in [0.4, 0.5) is 0 Å². The van der Waals surface area contributed by atoms with Gasteiger partial charge in [0.2, 0.25) is 0 Å². The van der Waals surface area contributed by atoms with Gasteiger partial charge in [0.25, 0.3) is 0 Å². The minimum absolute atomic E-state index is 0.0580. The summed E-state index contributed by atoms with van der Waals surface area (Å²) in [6.07, 6.45) is 6.49. The number of aliphatic hydroxyl groups excluding tert-OH is 1. The molecule has 0 amide bonds. The van der Waals surface area contributed by atoms with Crippen LogP contribution in [0.5, 0.6) is 0 Å². The first-order valence-corrected chi connectivity index (χ1v) is 11.0. The summed E-state index contributed by atoms with van der Waals surface area (Å²) < 4.78 is 11.2. The molecule has 0 aromatic rings. The van der Waals surface area contributed by atoms with E-state index >= 15 is 0 Å². The van der Waals surface area contributed by atoms with E-state index in [-0.39, 0.29) is 47.4 Å². The monoisotopic (exact) mass is 402 g/mol. The molecule has 158 valence electrons. The largest absolute Gasteiger partial charge is 0.458 e. The van der Waals surface area contributed by atoms with Crippen molar-refractivity contribution in [2.45, 2.75) is 71.2 Å². The number of fused-ring (bicyclic) bond motifs is 6. The molecule has 0 aromatic heterocycles. The first-order valence-electron chi connectivity index (χ1n) is 11.0. The van der Waals surface area contributed by atoms with Crippen molar-refractivity contribution in [3.05, 3.63) is 11.6 Å². The molecule has 4 aliphatic carbocycles. The highest BCUT2D eigenvalue weighted by Gasteiger charge is 2.71. The van der Waals surface area contributed by atoms with Crippen LogP contribution in [0.15, 0.2) is 11.6 Å². The number of hydrogen-bond acceptors (Lipinski definition) is 6. The predicted molar refractivity (Wildman–Crippen MR) is 102 cm³/mol. The second-order valence-corrected chi connectivity index (χ2v) is 10.1. The maximum atomic E-state index is 12.9. The zero-order valence-electron chi connectivity index (χ0n) is 17.2. The van der Waals surface area contributed by atoms with Crippen molar-refractivity contribution < 1.29 is 29.0 Å². The molecule has 1 spiro atoms. The van der Waals surface area contributed by atoms with Crippen LogP contribution in [0.1, 0.15) is 58.8 Å². The summed E-state index contributed by atoms with van der Waals surface area (Å²) in [6.45, 7) is 3.37. The first-order chi connectivity index (χ1) is 13.8. The maximum Gasteiger partial charge on any atom is 0.303 e. The average Bonchev–Trinajstić information content (AvgIpc) is 3.19. The Morgan fingerprint density at radius 2 is 2.07 bits per heavy atom. The number of ether oxygens (including phenoxy) is 2. The van der Waals surface area contributed by atoms with Gasteiger partial charge in [0.15, 0.2) is 17.9 Å². The fraction of sp³-hybridized carbons (Fsp3) is 0.783.